The van der Waals surface area contributed by atoms with E-state index in [0.29, 0.717) is 18.6 Å². The first-order valence-corrected chi connectivity index (χ1v) is 7.44. The van der Waals surface area contributed by atoms with Gasteiger partial charge in [0.1, 0.15) is 11.5 Å². The lowest BCUT2D eigenvalue weighted by molar-refractivity contribution is -0.121. The van der Waals surface area contributed by atoms with Gasteiger partial charge in [-0.3, -0.25) is 4.79 Å². The Morgan fingerprint density at radius 3 is 2.58 bits per heavy atom. The topological polar surface area (TPSA) is 26.3 Å². The number of fused-ring (bicyclic) bond motifs is 2. The van der Waals surface area contributed by atoms with E-state index in [4.69, 9.17) is 4.74 Å². The predicted molar refractivity (Wildman–Crippen MR) is 79.8 cm³/mol. The van der Waals surface area contributed by atoms with Gasteiger partial charge in [-0.1, -0.05) is 15.9 Å². The standard InChI is InChI=1S/C16H17BrO2/c1-10-7-11-8-15(17)16(5-3-12(18)4-6-16)13(11)9-14(10)19-2/h7-9H,3-6H2,1-2H3. The van der Waals surface area contributed by atoms with Crippen LogP contribution in [0, 0.1) is 6.92 Å². The lowest BCUT2D eigenvalue weighted by Gasteiger charge is -2.35. The molecular weight excluding hydrogens is 304 g/mol. The third-order valence-corrected chi connectivity index (χ3v) is 5.47. The zero-order chi connectivity index (χ0) is 13.6. The summed E-state index contributed by atoms with van der Waals surface area (Å²) in [5.41, 5.74) is 3.74. The quantitative estimate of drug-likeness (QED) is 0.777. The number of carbonyl (C=O) groups is 1. The van der Waals surface area contributed by atoms with Crippen LogP contribution in [0.1, 0.15) is 42.4 Å². The second kappa shape index (κ2) is 4.48. The van der Waals surface area contributed by atoms with Crippen LogP contribution < -0.4 is 4.74 Å². The summed E-state index contributed by atoms with van der Waals surface area (Å²) in [7, 11) is 1.71. The average Bonchev–Trinajstić information content (AvgIpc) is 2.64. The van der Waals surface area contributed by atoms with E-state index >= 15 is 0 Å². The van der Waals surface area contributed by atoms with Gasteiger partial charge in [-0.25, -0.2) is 0 Å². The maximum atomic E-state index is 11.5. The molecule has 0 atom stereocenters. The van der Waals surface area contributed by atoms with Crippen molar-refractivity contribution in [2.75, 3.05) is 7.11 Å². The van der Waals surface area contributed by atoms with Gasteiger partial charge in [0.15, 0.2) is 0 Å². The first kappa shape index (κ1) is 12.9. The van der Waals surface area contributed by atoms with Crippen molar-refractivity contribution in [3.63, 3.8) is 0 Å². The highest BCUT2D eigenvalue weighted by Crippen LogP contribution is 2.53. The van der Waals surface area contributed by atoms with Crippen LogP contribution in [0.15, 0.2) is 16.6 Å². The van der Waals surface area contributed by atoms with Gasteiger partial charge < -0.3 is 4.74 Å². The van der Waals surface area contributed by atoms with Gasteiger partial charge in [0.25, 0.3) is 0 Å². The molecule has 3 heteroatoms. The smallest absolute Gasteiger partial charge is 0.133 e. The van der Waals surface area contributed by atoms with Crippen LogP contribution in [0.5, 0.6) is 5.75 Å². The minimum absolute atomic E-state index is 0.00419. The van der Waals surface area contributed by atoms with Gasteiger partial charge in [0.05, 0.1) is 7.11 Å². The molecule has 19 heavy (non-hydrogen) atoms. The summed E-state index contributed by atoms with van der Waals surface area (Å²) in [6, 6.07) is 4.34. The van der Waals surface area contributed by atoms with Crippen LogP contribution in [-0.2, 0) is 10.2 Å². The molecule has 0 bridgehead atoms. The molecule has 2 aliphatic rings. The largest absolute Gasteiger partial charge is 0.496 e. The molecule has 0 N–H and O–H groups in total. The fourth-order valence-corrected chi connectivity index (χ4v) is 4.19. The monoisotopic (exact) mass is 320 g/mol. The van der Waals surface area contributed by atoms with E-state index in [-0.39, 0.29) is 5.41 Å². The van der Waals surface area contributed by atoms with Crippen molar-refractivity contribution in [2.45, 2.75) is 38.0 Å². The number of Topliss-reactive ketones (excluding diaryl/α,β-unsaturated/α-hetero) is 1. The molecule has 100 valence electrons. The molecule has 1 saturated carbocycles. The van der Waals surface area contributed by atoms with E-state index in [9.17, 15) is 4.79 Å². The van der Waals surface area contributed by atoms with Crippen molar-refractivity contribution >= 4 is 27.8 Å². The number of aryl methyl sites for hydroxylation is 1. The van der Waals surface area contributed by atoms with Gasteiger partial charge in [-0.2, -0.15) is 0 Å². The zero-order valence-electron chi connectivity index (χ0n) is 11.3. The third kappa shape index (κ3) is 1.86. The van der Waals surface area contributed by atoms with Crippen molar-refractivity contribution in [3.8, 4) is 5.75 Å². The van der Waals surface area contributed by atoms with E-state index in [1.165, 1.54) is 15.6 Å². The lowest BCUT2D eigenvalue weighted by Crippen LogP contribution is -2.30. The highest BCUT2D eigenvalue weighted by atomic mass is 79.9. The molecule has 0 unspecified atom stereocenters. The van der Waals surface area contributed by atoms with Crippen molar-refractivity contribution in [3.05, 3.63) is 33.3 Å². The Kier molecular flexibility index (Phi) is 3.05. The maximum Gasteiger partial charge on any atom is 0.133 e. The minimum atomic E-state index is 0.00419. The van der Waals surface area contributed by atoms with Gasteiger partial charge in [0.2, 0.25) is 0 Å². The normalized spacial score (nSPS) is 20.4. The number of ketones is 1. The Morgan fingerprint density at radius 1 is 1.26 bits per heavy atom. The molecule has 0 aromatic heterocycles. The Morgan fingerprint density at radius 2 is 1.95 bits per heavy atom. The summed E-state index contributed by atoms with van der Waals surface area (Å²) in [5.74, 6) is 1.32. The summed E-state index contributed by atoms with van der Waals surface area (Å²) in [6.07, 6.45) is 5.37. The van der Waals surface area contributed by atoms with Crippen LogP contribution >= 0.6 is 15.9 Å². The maximum absolute atomic E-state index is 11.5. The molecule has 0 aliphatic heterocycles. The number of allylic oxidation sites excluding steroid dienone is 1. The van der Waals surface area contributed by atoms with Crippen molar-refractivity contribution in [2.24, 2.45) is 0 Å². The lowest BCUT2D eigenvalue weighted by atomic mass is 9.70. The summed E-state index contributed by atoms with van der Waals surface area (Å²) in [4.78, 5) is 11.5. The molecule has 2 aliphatic carbocycles. The number of methoxy groups -OCH3 is 1. The molecule has 0 amide bonds. The van der Waals surface area contributed by atoms with Crippen LogP contribution in [0.25, 0.3) is 6.08 Å². The molecule has 0 saturated heterocycles. The number of carbonyl (C=O) groups excluding carboxylic acids is 1. The van der Waals surface area contributed by atoms with E-state index in [0.717, 1.165) is 24.2 Å². The van der Waals surface area contributed by atoms with Gasteiger partial charge in [-0.15, -0.1) is 0 Å². The molecular formula is C16H17BrO2. The number of hydrogen-bond acceptors (Lipinski definition) is 2. The van der Waals surface area contributed by atoms with Crippen LogP contribution in [0.4, 0.5) is 0 Å². The summed E-state index contributed by atoms with van der Waals surface area (Å²) >= 11 is 3.74. The van der Waals surface area contributed by atoms with Gasteiger partial charge in [-0.05, 0) is 54.7 Å². The average molecular weight is 321 g/mol. The second-order valence-electron chi connectivity index (χ2n) is 5.52. The first-order chi connectivity index (χ1) is 9.06. The van der Waals surface area contributed by atoms with Gasteiger partial charge in [0, 0.05) is 22.7 Å². The van der Waals surface area contributed by atoms with Crippen molar-refractivity contribution in [1.82, 2.24) is 0 Å². The van der Waals surface area contributed by atoms with Crippen LogP contribution in [0.3, 0.4) is 0 Å². The highest BCUT2D eigenvalue weighted by molar-refractivity contribution is 9.11. The zero-order valence-corrected chi connectivity index (χ0v) is 12.8. The SMILES string of the molecule is COc1cc2c(cc1C)C=C(Br)C21CCC(=O)CC1. The Bertz CT molecular complexity index is 577. The minimum Gasteiger partial charge on any atom is -0.496 e. The van der Waals surface area contributed by atoms with Crippen molar-refractivity contribution in [1.29, 1.82) is 0 Å². The number of hydrogen-bond donors (Lipinski definition) is 0. The molecule has 0 heterocycles. The molecule has 3 rings (SSSR count). The van der Waals surface area contributed by atoms with E-state index in [1.807, 2.05) is 0 Å². The van der Waals surface area contributed by atoms with Crippen LogP contribution in [-0.4, -0.2) is 12.9 Å². The molecule has 1 aromatic carbocycles. The van der Waals surface area contributed by atoms with E-state index in [1.54, 1.807) is 7.11 Å². The summed E-state index contributed by atoms with van der Waals surface area (Å²) in [5, 5.41) is 0. The summed E-state index contributed by atoms with van der Waals surface area (Å²) < 4.78 is 6.67. The Balaban J connectivity index is 2.11. The van der Waals surface area contributed by atoms with Crippen LogP contribution in [0.2, 0.25) is 0 Å². The molecule has 2 nitrogen and oxygen atoms in total. The Labute approximate surface area is 122 Å². The molecule has 1 aromatic rings. The summed E-state index contributed by atoms with van der Waals surface area (Å²) in [6.45, 7) is 2.07. The second-order valence-corrected chi connectivity index (χ2v) is 6.38. The van der Waals surface area contributed by atoms with E-state index in [2.05, 4.69) is 41.1 Å². The number of ether oxygens (including phenoxy) is 1. The molecule has 1 spiro atoms. The van der Waals surface area contributed by atoms with Gasteiger partial charge >= 0.3 is 0 Å². The highest BCUT2D eigenvalue weighted by Gasteiger charge is 2.43. The molecule has 0 radical (unpaired) electrons. The molecule has 1 fully saturated rings. The van der Waals surface area contributed by atoms with E-state index < -0.39 is 0 Å². The fraction of sp³-hybridized carbons (Fsp3) is 0.438. The fourth-order valence-electron chi connectivity index (χ4n) is 3.33. The number of benzene rings is 1. The van der Waals surface area contributed by atoms with Crippen molar-refractivity contribution < 1.29 is 9.53 Å². The number of halogens is 1. The predicted octanol–water partition coefficient (Wildman–Crippen LogP) is 4.13. The third-order valence-electron chi connectivity index (χ3n) is 4.48. The Hall–Kier alpha value is -1.09. The number of rotatable bonds is 1. The first-order valence-electron chi connectivity index (χ1n) is 6.65.